The summed E-state index contributed by atoms with van der Waals surface area (Å²) < 4.78 is 11.5. The van der Waals surface area contributed by atoms with Crippen LogP contribution in [0.5, 0.6) is 11.5 Å². The Morgan fingerprint density at radius 1 is 1.30 bits per heavy atom. The van der Waals surface area contributed by atoms with E-state index in [2.05, 4.69) is 21.8 Å². The van der Waals surface area contributed by atoms with Gasteiger partial charge >= 0.3 is 0 Å². The van der Waals surface area contributed by atoms with Crippen molar-refractivity contribution in [2.45, 2.75) is 32.2 Å². The number of ether oxygens (including phenoxy) is 2. The predicted octanol–water partition coefficient (Wildman–Crippen LogP) is 3.09. The first-order valence-corrected chi connectivity index (χ1v) is 9.45. The van der Waals surface area contributed by atoms with Gasteiger partial charge in [-0.05, 0) is 50.9 Å². The highest BCUT2D eigenvalue weighted by Gasteiger charge is 2.19. The van der Waals surface area contributed by atoms with E-state index >= 15 is 0 Å². The third-order valence-electron chi connectivity index (χ3n) is 5.04. The number of hydrogen-bond acceptors (Lipinski definition) is 7. The summed E-state index contributed by atoms with van der Waals surface area (Å²) in [5.74, 6) is 2.41. The van der Waals surface area contributed by atoms with Gasteiger partial charge in [-0.3, -0.25) is 0 Å². The summed E-state index contributed by atoms with van der Waals surface area (Å²) >= 11 is 0. The topological polar surface area (TPSA) is 76.7 Å². The molecule has 0 saturated carbocycles. The fraction of sp³-hybridized carbons (Fsp3) is 0.500. The molecule has 1 atom stereocenters. The summed E-state index contributed by atoms with van der Waals surface area (Å²) in [5, 5.41) is 0. The van der Waals surface area contributed by atoms with Gasteiger partial charge in [0.1, 0.15) is 5.82 Å². The van der Waals surface area contributed by atoms with Crippen LogP contribution in [-0.2, 0) is 0 Å². The molecule has 0 radical (unpaired) electrons. The number of nitrogens with zero attached hydrogens (tertiary/aromatic N) is 4. The Kier molecular flexibility index (Phi) is 6.34. The number of hydrogen-bond donors (Lipinski definition) is 1. The smallest absolute Gasteiger partial charge is 0.231 e. The molecular formula is C20H29N5O2. The molecule has 2 heterocycles. The summed E-state index contributed by atoms with van der Waals surface area (Å²) in [6.45, 7) is 5.22. The van der Waals surface area contributed by atoms with Crippen LogP contribution in [0.4, 0.5) is 17.5 Å². The molecule has 2 aromatic rings. The van der Waals surface area contributed by atoms with Crippen LogP contribution in [0.25, 0.3) is 0 Å². The number of nitrogens with two attached hydrogens (primary N) is 1. The van der Waals surface area contributed by atoms with E-state index in [-0.39, 0.29) is 0 Å². The summed E-state index contributed by atoms with van der Waals surface area (Å²) in [6.07, 6.45) is 5.24. The molecule has 1 aromatic carbocycles. The zero-order chi connectivity index (χ0) is 19.2. The molecule has 27 heavy (non-hydrogen) atoms. The molecule has 1 fully saturated rings. The molecule has 1 aliphatic heterocycles. The molecule has 1 unspecified atom stereocenters. The largest absolute Gasteiger partial charge is 0.493 e. The Hall–Kier alpha value is -2.54. The zero-order valence-electron chi connectivity index (χ0n) is 16.4. The highest BCUT2D eigenvalue weighted by atomic mass is 16.5. The first kappa shape index (κ1) is 19.2. The van der Waals surface area contributed by atoms with E-state index in [1.807, 2.05) is 30.1 Å². The first-order valence-electron chi connectivity index (χ1n) is 9.45. The number of methoxy groups -OCH3 is 1. The Bertz CT molecular complexity index is 755. The van der Waals surface area contributed by atoms with Crippen molar-refractivity contribution < 1.29 is 9.47 Å². The number of anilines is 3. The molecule has 146 valence electrons. The van der Waals surface area contributed by atoms with E-state index < -0.39 is 0 Å². The number of rotatable bonds is 8. The highest BCUT2D eigenvalue weighted by molar-refractivity contribution is 5.62. The molecule has 0 spiro atoms. The maximum absolute atomic E-state index is 6.03. The highest BCUT2D eigenvalue weighted by Crippen LogP contribution is 2.33. The van der Waals surface area contributed by atoms with Gasteiger partial charge in [0, 0.05) is 37.6 Å². The lowest BCUT2D eigenvalue weighted by Gasteiger charge is -2.21. The van der Waals surface area contributed by atoms with Crippen LogP contribution in [0.2, 0.25) is 0 Å². The predicted molar refractivity (Wildman–Crippen MR) is 108 cm³/mol. The minimum absolute atomic E-state index is 0.438. The molecule has 0 bridgehead atoms. The lowest BCUT2D eigenvalue weighted by molar-refractivity contribution is 0.226. The van der Waals surface area contributed by atoms with E-state index in [4.69, 9.17) is 15.2 Å². The molecule has 7 nitrogen and oxygen atoms in total. The average Bonchev–Trinajstić information content (AvgIpc) is 3.09. The minimum atomic E-state index is 0.438. The molecule has 2 N–H and O–H groups in total. The van der Waals surface area contributed by atoms with Crippen molar-refractivity contribution in [1.29, 1.82) is 0 Å². The van der Waals surface area contributed by atoms with E-state index in [0.29, 0.717) is 24.4 Å². The Balaban J connectivity index is 1.64. The zero-order valence-corrected chi connectivity index (χ0v) is 16.4. The number of benzene rings is 1. The van der Waals surface area contributed by atoms with Crippen molar-refractivity contribution in [3.63, 3.8) is 0 Å². The summed E-state index contributed by atoms with van der Waals surface area (Å²) in [6, 6.07) is 8.15. The molecule has 0 amide bonds. The lowest BCUT2D eigenvalue weighted by Crippen LogP contribution is -2.28. The quantitative estimate of drug-likeness (QED) is 0.715. The van der Waals surface area contributed by atoms with E-state index in [9.17, 15) is 0 Å². The van der Waals surface area contributed by atoms with Crippen molar-refractivity contribution >= 4 is 17.5 Å². The molecular weight excluding hydrogens is 342 g/mol. The van der Waals surface area contributed by atoms with Crippen LogP contribution in [0.3, 0.4) is 0 Å². The molecule has 1 aliphatic rings. The van der Waals surface area contributed by atoms with Gasteiger partial charge in [0.15, 0.2) is 11.5 Å². The Labute approximate surface area is 161 Å². The Morgan fingerprint density at radius 2 is 2.15 bits per heavy atom. The first-order chi connectivity index (χ1) is 13.1. The van der Waals surface area contributed by atoms with Crippen molar-refractivity contribution in [3.8, 4) is 11.5 Å². The second kappa shape index (κ2) is 8.90. The standard InChI is InChI=1S/C20H29N5O2/c1-15-6-4-11-25(15)12-5-13-27-18-14-16(7-8-17(18)26-3)24(2)20-22-10-9-19(21)23-20/h7-10,14-15H,4-6,11-13H2,1-3H3,(H2,21,22,23). The van der Waals surface area contributed by atoms with Crippen molar-refractivity contribution in [1.82, 2.24) is 14.9 Å². The van der Waals surface area contributed by atoms with Crippen LogP contribution in [0, 0.1) is 0 Å². The van der Waals surface area contributed by atoms with E-state index in [1.165, 1.54) is 19.4 Å². The summed E-state index contributed by atoms with van der Waals surface area (Å²) in [5.41, 5.74) is 6.67. The van der Waals surface area contributed by atoms with Gasteiger partial charge < -0.3 is 25.0 Å². The van der Waals surface area contributed by atoms with E-state index in [0.717, 1.165) is 30.2 Å². The third kappa shape index (κ3) is 4.80. The summed E-state index contributed by atoms with van der Waals surface area (Å²) in [4.78, 5) is 12.9. The lowest BCUT2D eigenvalue weighted by atomic mass is 10.2. The maximum atomic E-state index is 6.03. The summed E-state index contributed by atoms with van der Waals surface area (Å²) in [7, 11) is 3.55. The average molecular weight is 371 g/mol. The van der Waals surface area contributed by atoms with E-state index in [1.54, 1.807) is 19.4 Å². The minimum Gasteiger partial charge on any atom is -0.493 e. The molecule has 7 heteroatoms. The van der Waals surface area contributed by atoms with Gasteiger partial charge in [-0.1, -0.05) is 0 Å². The van der Waals surface area contributed by atoms with Crippen molar-refractivity contribution in [2.24, 2.45) is 0 Å². The third-order valence-corrected chi connectivity index (χ3v) is 5.04. The van der Waals surface area contributed by atoms with Gasteiger partial charge in [0.25, 0.3) is 0 Å². The van der Waals surface area contributed by atoms with Gasteiger partial charge in [-0.2, -0.15) is 4.98 Å². The van der Waals surface area contributed by atoms with Crippen LogP contribution in [-0.4, -0.2) is 54.8 Å². The number of aromatic nitrogens is 2. The van der Waals surface area contributed by atoms with Gasteiger partial charge in [0.2, 0.25) is 5.95 Å². The van der Waals surface area contributed by atoms with Crippen LogP contribution < -0.4 is 20.1 Å². The van der Waals surface area contributed by atoms with Crippen LogP contribution in [0.15, 0.2) is 30.5 Å². The second-order valence-corrected chi connectivity index (χ2v) is 6.90. The SMILES string of the molecule is COc1ccc(N(C)c2nccc(N)n2)cc1OCCCN1CCCC1C. The monoisotopic (exact) mass is 371 g/mol. The Morgan fingerprint density at radius 3 is 2.85 bits per heavy atom. The van der Waals surface area contributed by atoms with Crippen molar-refractivity contribution in [2.75, 3.05) is 44.5 Å². The molecule has 1 aromatic heterocycles. The number of likely N-dealkylation sites (tertiary alicyclic amines) is 1. The normalized spacial score (nSPS) is 17.1. The van der Waals surface area contributed by atoms with Crippen LogP contribution >= 0.6 is 0 Å². The van der Waals surface area contributed by atoms with Gasteiger partial charge in [-0.15, -0.1) is 0 Å². The van der Waals surface area contributed by atoms with Gasteiger partial charge in [-0.25, -0.2) is 4.98 Å². The van der Waals surface area contributed by atoms with Crippen molar-refractivity contribution in [3.05, 3.63) is 30.5 Å². The fourth-order valence-corrected chi connectivity index (χ4v) is 3.40. The van der Waals surface area contributed by atoms with Crippen LogP contribution in [0.1, 0.15) is 26.2 Å². The fourth-order valence-electron chi connectivity index (χ4n) is 3.40. The second-order valence-electron chi connectivity index (χ2n) is 6.90. The molecule has 0 aliphatic carbocycles. The van der Waals surface area contributed by atoms with Gasteiger partial charge in [0.05, 0.1) is 13.7 Å². The molecule has 3 rings (SSSR count). The molecule has 1 saturated heterocycles. The number of nitrogen functional groups attached to an aromatic ring is 1. The maximum Gasteiger partial charge on any atom is 0.231 e.